The first kappa shape index (κ1) is 20.3. The van der Waals surface area contributed by atoms with Crippen molar-refractivity contribution in [2.75, 3.05) is 30.3 Å². The van der Waals surface area contributed by atoms with Crippen LogP contribution in [-0.2, 0) is 11.4 Å². The zero-order valence-corrected chi connectivity index (χ0v) is 16.6. The van der Waals surface area contributed by atoms with Gasteiger partial charge in [-0.05, 0) is 55.3 Å². The molecular weight excluding hydrogens is 383 g/mol. The van der Waals surface area contributed by atoms with Gasteiger partial charge in [-0.3, -0.25) is 14.7 Å². The average molecular weight is 408 g/mol. The monoisotopic (exact) mass is 408 g/mol. The van der Waals surface area contributed by atoms with E-state index in [0.717, 1.165) is 48.2 Å². The minimum Gasteiger partial charge on any atom is -0.392 e. The first-order chi connectivity index (χ1) is 14.6. The highest BCUT2D eigenvalue weighted by Gasteiger charge is 2.21. The van der Waals surface area contributed by atoms with Crippen molar-refractivity contribution in [3.63, 3.8) is 0 Å². The summed E-state index contributed by atoms with van der Waals surface area (Å²) in [6.45, 7) is 1.71. The third-order valence-corrected chi connectivity index (χ3v) is 5.47. The Labute approximate surface area is 174 Å². The van der Waals surface area contributed by atoms with E-state index in [9.17, 15) is 14.3 Å². The van der Waals surface area contributed by atoms with Gasteiger partial charge < -0.3 is 15.7 Å². The van der Waals surface area contributed by atoms with E-state index in [4.69, 9.17) is 0 Å². The Hall–Kier alpha value is -3.03. The lowest BCUT2D eigenvalue weighted by Crippen LogP contribution is -2.42. The molecule has 4 rings (SSSR count). The number of carbonyl (C=O) groups is 1. The summed E-state index contributed by atoms with van der Waals surface area (Å²) in [6.07, 6.45) is 3.48. The zero-order valence-electron chi connectivity index (χ0n) is 16.6. The number of fused-ring (bicyclic) bond motifs is 1. The molecule has 156 valence electrons. The molecule has 30 heavy (non-hydrogen) atoms. The molecule has 0 saturated carbocycles. The molecule has 6 nitrogen and oxygen atoms in total. The number of nitrogens with one attached hydrogen (secondary N) is 2. The van der Waals surface area contributed by atoms with Crippen LogP contribution >= 0.6 is 0 Å². The summed E-state index contributed by atoms with van der Waals surface area (Å²) >= 11 is 0. The molecule has 1 aliphatic rings. The van der Waals surface area contributed by atoms with Gasteiger partial charge in [-0.2, -0.15) is 0 Å². The van der Waals surface area contributed by atoms with Crippen LogP contribution in [0.15, 0.2) is 54.7 Å². The molecule has 2 aromatic carbocycles. The zero-order chi connectivity index (χ0) is 20.9. The maximum Gasteiger partial charge on any atom is 0.238 e. The lowest BCUT2D eigenvalue weighted by atomic mass is 10.0. The third-order valence-electron chi connectivity index (χ3n) is 5.47. The number of hydrogen-bond acceptors (Lipinski definition) is 5. The molecule has 0 atom stereocenters. The topological polar surface area (TPSA) is 77.5 Å². The van der Waals surface area contributed by atoms with Gasteiger partial charge in [0.05, 0.1) is 24.4 Å². The minimum absolute atomic E-state index is 0.0427. The molecular formula is C23H25FN4O2. The lowest BCUT2D eigenvalue weighted by Gasteiger charge is -2.32. The second-order valence-corrected chi connectivity index (χ2v) is 7.58. The van der Waals surface area contributed by atoms with Crippen molar-refractivity contribution < 1.29 is 14.3 Å². The highest BCUT2D eigenvalue weighted by molar-refractivity contribution is 6.01. The minimum atomic E-state index is -0.354. The number of rotatable bonds is 6. The number of nitrogens with zero attached hydrogens (tertiary/aromatic N) is 2. The van der Waals surface area contributed by atoms with Crippen molar-refractivity contribution in [2.24, 2.45) is 0 Å². The summed E-state index contributed by atoms with van der Waals surface area (Å²) in [5.41, 5.74) is 2.95. The Morgan fingerprint density at radius 2 is 1.97 bits per heavy atom. The van der Waals surface area contributed by atoms with E-state index >= 15 is 0 Å². The number of pyridine rings is 1. The molecule has 1 amide bonds. The van der Waals surface area contributed by atoms with Gasteiger partial charge in [-0.1, -0.05) is 6.07 Å². The van der Waals surface area contributed by atoms with Gasteiger partial charge >= 0.3 is 0 Å². The van der Waals surface area contributed by atoms with Crippen molar-refractivity contribution in [3.8, 4) is 0 Å². The molecule has 0 radical (unpaired) electrons. The number of aromatic nitrogens is 1. The predicted molar refractivity (Wildman–Crippen MR) is 116 cm³/mol. The van der Waals surface area contributed by atoms with E-state index in [-0.39, 0.29) is 24.4 Å². The number of hydrogen-bond donors (Lipinski definition) is 3. The van der Waals surface area contributed by atoms with Crippen molar-refractivity contribution in [1.82, 2.24) is 9.88 Å². The van der Waals surface area contributed by atoms with E-state index in [1.807, 2.05) is 30.3 Å². The highest BCUT2D eigenvalue weighted by Crippen LogP contribution is 2.23. The van der Waals surface area contributed by atoms with Gasteiger partial charge in [0.2, 0.25) is 5.91 Å². The SMILES string of the molecule is O=C(CN1CCC(Nc2ccc(F)cc2CO)CC1)Nc1cccc2ncccc12. The van der Waals surface area contributed by atoms with Crippen LogP contribution in [0.3, 0.4) is 0 Å². The quantitative estimate of drug-likeness (QED) is 0.583. The average Bonchev–Trinajstić information content (AvgIpc) is 2.76. The van der Waals surface area contributed by atoms with E-state index in [1.54, 1.807) is 12.3 Å². The first-order valence-corrected chi connectivity index (χ1v) is 10.1. The second-order valence-electron chi connectivity index (χ2n) is 7.58. The predicted octanol–water partition coefficient (Wildman–Crippen LogP) is 3.38. The van der Waals surface area contributed by atoms with Gasteiger partial charge in [0, 0.05) is 42.0 Å². The molecule has 0 aliphatic carbocycles. The maximum atomic E-state index is 13.3. The van der Waals surface area contributed by atoms with E-state index in [1.165, 1.54) is 12.1 Å². The number of aliphatic hydroxyl groups is 1. The molecule has 2 heterocycles. The lowest BCUT2D eigenvalue weighted by molar-refractivity contribution is -0.117. The number of aliphatic hydroxyl groups excluding tert-OH is 1. The van der Waals surface area contributed by atoms with Gasteiger partial charge in [0.15, 0.2) is 0 Å². The molecule has 3 aromatic rings. The first-order valence-electron chi connectivity index (χ1n) is 10.1. The van der Waals surface area contributed by atoms with Crippen LogP contribution < -0.4 is 10.6 Å². The largest absolute Gasteiger partial charge is 0.392 e. The summed E-state index contributed by atoms with van der Waals surface area (Å²) in [7, 11) is 0. The Kier molecular flexibility index (Phi) is 6.21. The summed E-state index contributed by atoms with van der Waals surface area (Å²) in [5, 5.41) is 16.8. The van der Waals surface area contributed by atoms with Crippen LogP contribution in [-0.4, -0.2) is 46.6 Å². The van der Waals surface area contributed by atoms with Crippen LogP contribution in [0.25, 0.3) is 10.9 Å². The molecule has 0 spiro atoms. The normalized spacial score (nSPS) is 15.3. The Morgan fingerprint density at radius 3 is 2.77 bits per heavy atom. The summed E-state index contributed by atoms with van der Waals surface area (Å²) < 4.78 is 13.3. The molecule has 3 N–H and O–H groups in total. The molecule has 1 saturated heterocycles. The Morgan fingerprint density at radius 1 is 1.13 bits per heavy atom. The van der Waals surface area contributed by atoms with Crippen LogP contribution in [0, 0.1) is 5.82 Å². The smallest absolute Gasteiger partial charge is 0.238 e. The molecule has 1 aliphatic heterocycles. The third kappa shape index (κ3) is 4.75. The second kappa shape index (κ2) is 9.19. The molecule has 0 bridgehead atoms. The van der Waals surface area contributed by atoms with Crippen LogP contribution in [0.2, 0.25) is 0 Å². The number of carbonyl (C=O) groups excluding carboxylic acids is 1. The molecule has 7 heteroatoms. The number of likely N-dealkylation sites (tertiary alicyclic amines) is 1. The fourth-order valence-corrected chi connectivity index (χ4v) is 3.89. The Balaban J connectivity index is 1.30. The van der Waals surface area contributed by atoms with Crippen LogP contribution in [0.1, 0.15) is 18.4 Å². The van der Waals surface area contributed by atoms with Gasteiger partial charge in [-0.15, -0.1) is 0 Å². The number of benzene rings is 2. The molecule has 1 aromatic heterocycles. The van der Waals surface area contributed by atoms with E-state index in [2.05, 4.69) is 20.5 Å². The van der Waals surface area contributed by atoms with Crippen LogP contribution in [0.5, 0.6) is 0 Å². The van der Waals surface area contributed by atoms with Gasteiger partial charge in [-0.25, -0.2) is 4.39 Å². The van der Waals surface area contributed by atoms with Crippen LogP contribution in [0.4, 0.5) is 15.8 Å². The van der Waals surface area contributed by atoms with Gasteiger partial charge in [0.25, 0.3) is 0 Å². The van der Waals surface area contributed by atoms with E-state index < -0.39 is 0 Å². The standard InChI is InChI=1S/C23H25FN4O2/c24-17-6-7-20(16(13-17)15-29)26-18-8-11-28(12-9-18)14-23(30)27-22-5-1-4-21-19(22)3-2-10-25-21/h1-7,10,13,18,26,29H,8-9,11-12,14-15H2,(H,27,30). The molecule has 0 unspecified atom stereocenters. The number of halogens is 1. The van der Waals surface area contributed by atoms with Crippen molar-refractivity contribution >= 4 is 28.2 Å². The highest BCUT2D eigenvalue weighted by atomic mass is 19.1. The Bertz CT molecular complexity index is 1030. The number of amides is 1. The van der Waals surface area contributed by atoms with Crippen molar-refractivity contribution in [3.05, 3.63) is 66.1 Å². The fraction of sp³-hybridized carbons (Fsp3) is 0.304. The van der Waals surface area contributed by atoms with Crippen molar-refractivity contribution in [1.29, 1.82) is 0 Å². The summed E-state index contributed by atoms with van der Waals surface area (Å²) in [5.74, 6) is -0.397. The number of anilines is 2. The van der Waals surface area contributed by atoms with Gasteiger partial charge in [0.1, 0.15) is 5.82 Å². The van der Waals surface area contributed by atoms with E-state index in [0.29, 0.717) is 12.1 Å². The van der Waals surface area contributed by atoms with Crippen molar-refractivity contribution in [2.45, 2.75) is 25.5 Å². The molecule has 1 fully saturated rings. The summed E-state index contributed by atoms with van der Waals surface area (Å²) in [6, 6.07) is 14.1. The number of piperidine rings is 1. The summed E-state index contributed by atoms with van der Waals surface area (Å²) in [4.78, 5) is 19.0. The maximum absolute atomic E-state index is 13.3. The fourth-order valence-electron chi connectivity index (χ4n) is 3.89.